The smallest absolute Gasteiger partial charge is 0.329 e. The molecular formula is C29H26ClFN4O4. The molecule has 0 radical (unpaired) electrons. The van der Waals surface area contributed by atoms with Gasteiger partial charge in [0.2, 0.25) is 11.8 Å². The third kappa shape index (κ3) is 6.27. The minimum atomic E-state index is -0.983. The van der Waals surface area contributed by atoms with Crippen LogP contribution in [-0.2, 0) is 28.8 Å². The minimum Gasteiger partial charge on any atom is -0.493 e. The molecule has 0 spiro atoms. The number of hydrogen-bond acceptors (Lipinski definition) is 5. The topological polar surface area (TPSA) is 113 Å². The van der Waals surface area contributed by atoms with Crippen LogP contribution in [0.3, 0.4) is 0 Å². The molecule has 0 fully saturated rings. The number of aromatic hydroxyl groups is 1. The molecule has 10 heteroatoms. The molecule has 200 valence electrons. The molecule has 0 aliphatic heterocycles. The number of rotatable bonds is 11. The van der Waals surface area contributed by atoms with Crippen molar-refractivity contribution in [3.8, 4) is 23.1 Å². The molecule has 0 saturated heterocycles. The first kappa shape index (κ1) is 26.4. The molecule has 3 aromatic carbocycles. The van der Waals surface area contributed by atoms with E-state index in [9.17, 15) is 14.3 Å². The number of carboxylic acid groups (broad SMARTS) is 1. The van der Waals surface area contributed by atoms with Crippen molar-refractivity contribution >= 4 is 28.6 Å². The Morgan fingerprint density at radius 3 is 2.46 bits per heavy atom. The fourth-order valence-electron chi connectivity index (χ4n) is 4.40. The number of nitrogens with one attached hydrogen (secondary N) is 1. The molecule has 0 amide bonds. The number of imidazole rings is 1. The van der Waals surface area contributed by atoms with Crippen LogP contribution in [0.4, 0.5) is 4.39 Å². The van der Waals surface area contributed by atoms with Gasteiger partial charge in [-0.1, -0.05) is 48.0 Å². The van der Waals surface area contributed by atoms with Gasteiger partial charge in [0.15, 0.2) is 0 Å². The largest absolute Gasteiger partial charge is 0.493 e. The molecule has 8 nitrogen and oxygen atoms in total. The van der Waals surface area contributed by atoms with Crippen LogP contribution in [0.2, 0.25) is 5.02 Å². The summed E-state index contributed by atoms with van der Waals surface area (Å²) in [5.74, 6) is -0.952. The van der Waals surface area contributed by atoms with Gasteiger partial charge in [0.1, 0.15) is 18.1 Å². The van der Waals surface area contributed by atoms with E-state index < -0.39 is 5.97 Å². The Hall–Kier alpha value is -4.21. The van der Waals surface area contributed by atoms with Crippen LogP contribution in [0.15, 0.2) is 66.7 Å². The zero-order valence-electron chi connectivity index (χ0n) is 20.9. The number of aromatic nitrogens is 4. The van der Waals surface area contributed by atoms with E-state index >= 15 is 0 Å². The van der Waals surface area contributed by atoms with E-state index in [2.05, 4.69) is 9.97 Å². The number of benzene rings is 3. The van der Waals surface area contributed by atoms with Gasteiger partial charge in [-0.2, -0.15) is 9.78 Å². The third-order valence-electron chi connectivity index (χ3n) is 6.37. The molecule has 3 N–H and O–H groups in total. The summed E-state index contributed by atoms with van der Waals surface area (Å²) in [5, 5.41) is 25.2. The van der Waals surface area contributed by atoms with Crippen molar-refractivity contribution in [2.24, 2.45) is 0 Å². The number of aromatic amines is 1. The Kier molecular flexibility index (Phi) is 7.90. The highest BCUT2D eigenvalue weighted by atomic mass is 35.5. The van der Waals surface area contributed by atoms with Crippen molar-refractivity contribution in [1.29, 1.82) is 0 Å². The van der Waals surface area contributed by atoms with E-state index in [4.69, 9.17) is 26.5 Å². The number of carboxylic acids is 1. The fourth-order valence-corrected chi connectivity index (χ4v) is 4.57. The molecule has 5 aromatic rings. The number of hydrogen-bond donors (Lipinski definition) is 3. The number of ether oxygens (including phenoxy) is 1. The molecule has 0 aliphatic rings. The van der Waals surface area contributed by atoms with Gasteiger partial charge in [0.05, 0.1) is 11.0 Å². The first-order valence-corrected chi connectivity index (χ1v) is 12.8. The molecular weight excluding hydrogens is 523 g/mol. The number of aryl methyl sites for hydroxylation is 2. The summed E-state index contributed by atoms with van der Waals surface area (Å²) < 4.78 is 19.9. The van der Waals surface area contributed by atoms with E-state index in [1.54, 1.807) is 24.3 Å². The van der Waals surface area contributed by atoms with Gasteiger partial charge in [-0.15, -0.1) is 0 Å². The van der Waals surface area contributed by atoms with Crippen LogP contribution in [0, 0.1) is 5.82 Å². The Bertz CT molecular complexity index is 1600. The number of aliphatic carboxylic acids is 1. The quantitative estimate of drug-likeness (QED) is 0.182. The van der Waals surface area contributed by atoms with Crippen LogP contribution < -0.4 is 0 Å². The lowest BCUT2D eigenvalue weighted by Crippen LogP contribution is -2.08. The van der Waals surface area contributed by atoms with Crippen molar-refractivity contribution in [1.82, 2.24) is 19.7 Å². The van der Waals surface area contributed by atoms with Gasteiger partial charge < -0.3 is 19.9 Å². The van der Waals surface area contributed by atoms with Gasteiger partial charge >= 0.3 is 5.97 Å². The summed E-state index contributed by atoms with van der Waals surface area (Å²) in [6.45, 7) is 0.0621. The summed E-state index contributed by atoms with van der Waals surface area (Å²) in [7, 11) is 0. The van der Waals surface area contributed by atoms with Gasteiger partial charge in [0, 0.05) is 22.8 Å². The lowest BCUT2D eigenvalue weighted by Gasteiger charge is -2.06. The van der Waals surface area contributed by atoms with E-state index in [1.807, 2.05) is 30.3 Å². The van der Waals surface area contributed by atoms with Crippen molar-refractivity contribution in [3.05, 3.63) is 94.3 Å². The number of carbonyl (C=O) groups is 1. The second-order valence-corrected chi connectivity index (χ2v) is 9.59. The maximum absolute atomic E-state index is 13.4. The van der Waals surface area contributed by atoms with E-state index in [-0.39, 0.29) is 18.3 Å². The predicted octanol–water partition coefficient (Wildman–Crippen LogP) is 5.73. The van der Waals surface area contributed by atoms with Crippen molar-refractivity contribution in [2.75, 3.05) is 13.2 Å². The summed E-state index contributed by atoms with van der Waals surface area (Å²) >= 11 is 6.12. The highest BCUT2D eigenvalue weighted by Crippen LogP contribution is 2.33. The predicted molar refractivity (Wildman–Crippen MR) is 146 cm³/mol. The SMILES string of the molecule is O=C(O)COCCCc1ccc(-c2nn(-c3nc4cc(Cl)ccc4[nH]3)c(O)c2CCc2ccc(F)cc2)cc1. The van der Waals surface area contributed by atoms with Gasteiger partial charge in [-0.3, -0.25) is 0 Å². The van der Waals surface area contributed by atoms with Crippen LogP contribution in [0.1, 0.15) is 23.1 Å². The molecule has 0 unspecified atom stereocenters. The zero-order valence-corrected chi connectivity index (χ0v) is 21.7. The average molecular weight is 549 g/mol. The molecule has 0 aliphatic carbocycles. The number of nitrogens with zero attached hydrogens (tertiary/aromatic N) is 3. The normalized spacial score (nSPS) is 11.3. The Morgan fingerprint density at radius 1 is 1.00 bits per heavy atom. The monoisotopic (exact) mass is 548 g/mol. The third-order valence-corrected chi connectivity index (χ3v) is 6.61. The van der Waals surface area contributed by atoms with E-state index in [0.717, 1.165) is 28.6 Å². The summed E-state index contributed by atoms with van der Waals surface area (Å²) in [4.78, 5) is 18.3. The van der Waals surface area contributed by atoms with Gasteiger partial charge in [0.25, 0.3) is 0 Å². The minimum absolute atomic E-state index is 0.0306. The number of fused-ring (bicyclic) bond motifs is 1. The van der Waals surface area contributed by atoms with Crippen molar-refractivity contribution < 1.29 is 24.1 Å². The molecule has 0 saturated carbocycles. The highest BCUT2D eigenvalue weighted by Gasteiger charge is 2.21. The van der Waals surface area contributed by atoms with Crippen molar-refractivity contribution in [2.45, 2.75) is 25.7 Å². The second kappa shape index (κ2) is 11.7. The van der Waals surface area contributed by atoms with Gasteiger partial charge in [-0.05, 0) is 67.1 Å². The van der Waals surface area contributed by atoms with Gasteiger partial charge in [-0.25, -0.2) is 14.2 Å². The summed E-state index contributed by atoms with van der Waals surface area (Å²) in [6.07, 6.45) is 2.48. The zero-order chi connectivity index (χ0) is 27.4. The lowest BCUT2D eigenvalue weighted by atomic mass is 9.99. The Morgan fingerprint density at radius 2 is 1.72 bits per heavy atom. The molecule has 0 atom stereocenters. The van der Waals surface area contributed by atoms with E-state index in [0.29, 0.717) is 53.6 Å². The first-order valence-electron chi connectivity index (χ1n) is 12.5. The number of halogens is 2. The lowest BCUT2D eigenvalue weighted by molar-refractivity contribution is -0.142. The maximum atomic E-state index is 13.4. The van der Waals surface area contributed by atoms with Crippen LogP contribution in [0.5, 0.6) is 5.88 Å². The number of H-pyrrole nitrogens is 1. The van der Waals surface area contributed by atoms with E-state index in [1.165, 1.54) is 16.8 Å². The highest BCUT2D eigenvalue weighted by molar-refractivity contribution is 6.31. The fraction of sp³-hybridized carbons (Fsp3) is 0.207. The Balaban J connectivity index is 1.43. The summed E-state index contributed by atoms with van der Waals surface area (Å²) in [5.41, 5.74) is 5.51. The molecule has 0 bridgehead atoms. The van der Waals surface area contributed by atoms with Crippen LogP contribution in [-0.4, -0.2) is 49.1 Å². The molecule has 2 aromatic heterocycles. The molecule has 39 heavy (non-hydrogen) atoms. The summed E-state index contributed by atoms with van der Waals surface area (Å²) in [6, 6.07) is 19.5. The molecule has 5 rings (SSSR count). The van der Waals surface area contributed by atoms with Crippen LogP contribution in [0.25, 0.3) is 28.2 Å². The maximum Gasteiger partial charge on any atom is 0.329 e. The Labute approximate surface area is 228 Å². The average Bonchev–Trinajstić information content (AvgIpc) is 3.48. The molecule has 2 heterocycles. The standard InChI is InChI=1S/C29H26ClFN4O4/c30-21-10-14-24-25(16-21)33-29(32-24)35-28(38)23(13-7-19-5-11-22(31)12-6-19)27(34-35)20-8-3-18(4-9-20)2-1-15-39-17-26(36)37/h3-6,8-12,14,16,38H,1-2,7,13,15,17H2,(H,32,33)(H,36,37). The second-order valence-electron chi connectivity index (χ2n) is 9.16. The van der Waals surface area contributed by atoms with Crippen LogP contribution >= 0.6 is 11.6 Å². The first-order chi connectivity index (χ1) is 18.9. The van der Waals surface area contributed by atoms with Crippen molar-refractivity contribution in [3.63, 3.8) is 0 Å².